The third-order valence-corrected chi connectivity index (χ3v) is 3.51. The van der Waals surface area contributed by atoms with E-state index in [1.165, 1.54) is 12.1 Å². The molecule has 0 saturated carbocycles. The van der Waals surface area contributed by atoms with Crippen molar-refractivity contribution in [1.82, 2.24) is 9.88 Å². The molecule has 1 fully saturated rings. The summed E-state index contributed by atoms with van der Waals surface area (Å²) < 4.78 is 23.8. The molecule has 0 spiro atoms. The molecule has 0 radical (unpaired) electrons. The monoisotopic (exact) mass is 276 g/mol. The minimum atomic E-state index is -0.261. The number of ether oxygens (including phenoxy) is 1. The number of halogens is 1. The van der Waals surface area contributed by atoms with Gasteiger partial charge in [-0.3, -0.25) is 4.90 Å². The highest BCUT2D eigenvalue weighted by Gasteiger charge is 2.20. The molecule has 1 aliphatic rings. The van der Waals surface area contributed by atoms with E-state index in [1.54, 1.807) is 18.4 Å². The van der Waals surface area contributed by atoms with Gasteiger partial charge in [0.15, 0.2) is 0 Å². The van der Waals surface area contributed by atoms with Crippen molar-refractivity contribution in [2.24, 2.45) is 0 Å². The highest BCUT2D eigenvalue weighted by atomic mass is 19.1. The predicted molar refractivity (Wildman–Crippen MR) is 72.6 cm³/mol. The average molecular weight is 276 g/mol. The molecule has 1 aromatic heterocycles. The van der Waals surface area contributed by atoms with Crippen LogP contribution in [-0.4, -0.2) is 35.7 Å². The van der Waals surface area contributed by atoms with Crippen LogP contribution in [0.3, 0.4) is 0 Å². The molecule has 2 heterocycles. The summed E-state index contributed by atoms with van der Waals surface area (Å²) in [5, 5.41) is 0. The van der Waals surface area contributed by atoms with Crippen LogP contribution in [0.5, 0.6) is 0 Å². The maximum Gasteiger partial charge on any atom is 0.226 e. The number of oxazole rings is 1. The van der Waals surface area contributed by atoms with Crippen LogP contribution in [0.25, 0.3) is 11.5 Å². The molecule has 2 aromatic rings. The van der Waals surface area contributed by atoms with Gasteiger partial charge in [0.2, 0.25) is 5.89 Å². The molecule has 1 saturated heterocycles. The molecule has 0 unspecified atom stereocenters. The fraction of sp³-hybridized carbons (Fsp3) is 0.400. The number of hydrogen-bond donors (Lipinski definition) is 0. The van der Waals surface area contributed by atoms with Crippen LogP contribution in [-0.2, 0) is 11.3 Å². The van der Waals surface area contributed by atoms with Crippen molar-refractivity contribution in [3.05, 3.63) is 42.0 Å². The molecule has 0 aliphatic carbocycles. The molecule has 0 N–H and O–H groups in total. The molecule has 0 bridgehead atoms. The fourth-order valence-corrected chi connectivity index (χ4v) is 2.31. The molecule has 1 atom stereocenters. The van der Waals surface area contributed by atoms with Gasteiger partial charge in [0, 0.05) is 24.7 Å². The largest absolute Gasteiger partial charge is 0.444 e. The van der Waals surface area contributed by atoms with E-state index in [9.17, 15) is 4.39 Å². The third kappa shape index (κ3) is 2.89. The summed E-state index contributed by atoms with van der Waals surface area (Å²) in [6.07, 6.45) is 1.67. The Kier molecular flexibility index (Phi) is 3.80. The van der Waals surface area contributed by atoms with Gasteiger partial charge in [0.05, 0.1) is 18.9 Å². The van der Waals surface area contributed by atoms with Crippen LogP contribution in [0.15, 0.2) is 34.9 Å². The van der Waals surface area contributed by atoms with Crippen LogP contribution in [0, 0.1) is 5.82 Å². The van der Waals surface area contributed by atoms with Gasteiger partial charge in [-0.25, -0.2) is 9.37 Å². The van der Waals surface area contributed by atoms with E-state index in [1.807, 2.05) is 0 Å². The molecule has 3 rings (SSSR count). The first-order valence-electron chi connectivity index (χ1n) is 6.74. The van der Waals surface area contributed by atoms with Crippen LogP contribution in [0.2, 0.25) is 0 Å². The highest BCUT2D eigenvalue weighted by molar-refractivity contribution is 5.52. The number of hydrogen-bond acceptors (Lipinski definition) is 4. The average Bonchev–Trinajstić information content (AvgIpc) is 2.91. The van der Waals surface area contributed by atoms with E-state index < -0.39 is 0 Å². The molecule has 0 amide bonds. The number of morpholine rings is 1. The Bertz CT molecular complexity index is 568. The zero-order chi connectivity index (χ0) is 13.9. The summed E-state index contributed by atoms with van der Waals surface area (Å²) in [6.45, 7) is 5.30. The number of rotatable bonds is 3. The van der Waals surface area contributed by atoms with Gasteiger partial charge in [0.1, 0.15) is 12.1 Å². The summed E-state index contributed by atoms with van der Waals surface area (Å²) in [4.78, 5) is 6.78. The predicted octanol–water partition coefficient (Wildman–Crippen LogP) is 2.70. The number of benzene rings is 1. The lowest BCUT2D eigenvalue weighted by Gasteiger charge is -2.32. The highest BCUT2D eigenvalue weighted by Crippen LogP contribution is 2.20. The van der Waals surface area contributed by atoms with Crippen molar-refractivity contribution in [2.75, 3.05) is 19.8 Å². The minimum absolute atomic E-state index is 0.261. The molecular formula is C15H17FN2O2. The third-order valence-electron chi connectivity index (χ3n) is 3.51. The van der Waals surface area contributed by atoms with E-state index in [-0.39, 0.29) is 5.82 Å². The molecule has 1 aromatic carbocycles. The second-order valence-electron chi connectivity index (χ2n) is 5.05. The van der Waals surface area contributed by atoms with E-state index >= 15 is 0 Å². The van der Waals surface area contributed by atoms with E-state index in [2.05, 4.69) is 16.8 Å². The van der Waals surface area contributed by atoms with Gasteiger partial charge in [-0.2, -0.15) is 0 Å². The minimum Gasteiger partial charge on any atom is -0.444 e. The first-order valence-corrected chi connectivity index (χ1v) is 6.74. The smallest absolute Gasteiger partial charge is 0.226 e. The molecule has 1 aliphatic heterocycles. The maximum atomic E-state index is 12.9. The Hall–Kier alpha value is -1.72. The second kappa shape index (κ2) is 5.73. The normalized spacial score (nSPS) is 20.2. The Morgan fingerprint density at radius 2 is 2.15 bits per heavy atom. The van der Waals surface area contributed by atoms with Crippen molar-refractivity contribution in [1.29, 1.82) is 0 Å². The SMILES string of the molecule is C[C@@H]1COCCN1Cc1coc(-c2ccc(F)cc2)n1. The van der Waals surface area contributed by atoms with Crippen molar-refractivity contribution in [3.63, 3.8) is 0 Å². The Labute approximate surface area is 117 Å². The summed E-state index contributed by atoms with van der Waals surface area (Å²) in [5.41, 5.74) is 1.67. The first kappa shape index (κ1) is 13.3. The van der Waals surface area contributed by atoms with Gasteiger partial charge < -0.3 is 9.15 Å². The Morgan fingerprint density at radius 3 is 2.90 bits per heavy atom. The van der Waals surface area contributed by atoms with Crippen molar-refractivity contribution < 1.29 is 13.5 Å². The molecule has 20 heavy (non-hydrogen) atoms. The summed E-state index contributed by atoms with van der Waals surface area (Å²) >= 11 is 0. The summed E-state index contributed by atoms with van der Waals surface area (Å²) in [7, 11) is 0. The fourth-order valence-electron chi connectivity index (χ4n) is 2.31. The quantitative estimate of drug-likeness (QED) is 0.864. The van der Waals surface area contributed by atoms with E-state index in [4.69, 9.17) is 9.15 Å². The number of aromatic nitrogens is 1. The van der Waals surface area contributed by atoms with Crippen LogP contribution >= 0.6 is 0 Å². The Balaban J connectivity index is 1.71. The van der Waals surface area contributed by atoms with Crippen molar-refractivity contribution >= 4 is 0 Å². The zero-order valence-corrected chi connectivity index (χ0v) is 11.4. The summed E-state index contributed by atoms with van der Waals surface area (Å²) in [5.74, 6) is 0.267. The zero-order valence-electron chi connectivity index (χ0n) is 11.4. The second-order valence-corrected chi connectivity index (χ2v) is 5.05. The molecular weight excluding hydrogens is 259 g/mol. The van der Waals surface area contributed by atoms with Crippen LogP contribution in [0.1, 0.15) is 12.6 Å². The topological polar surface area (TPSA) is 38.5 Å². The lowest BCUT2D eigenvalue weighted by Crippen LogP contribution is -2.42. The van der Waals surface area contributed by atoms with Crippen LogP contribution < -0.4 is 0 Å². The van der Waals surface area contributed by atoms with Crippen molar-refractivity contribution in [2.45, 2.75) is 19.5 Å². The maximum absolute atomic E-state index is 12.9. The van der Waals surface area contributed by atoms with Gasteiger partial charge in [0.25, 0.3) is 0 Å². The first-order chi connectivity index (χ1) is 9.72. The van der Waals surface area contributed by atoms with E-state index in [0.717, 1.165) is 37.6 Å². The van der Waals surface area contributed by atoms with Crippen LogP contribution in [0.4, 0.5) is 4.39 Å². The standard InChI is InChI=1S/C15H17FN2O2/c1-11-9-19-7-6-18(11)8-14-10-20-15(17-14)12-2-4-13(16)5-3-12/h2-5,10-11H,6-9H2,1H3/t11-/m1/s1. The number of nitrogens with zero attached hydrogens (tertiary/aromatic N) is 2. The summed E-state index contributed by atoms with van der Waals surface area (Å²) in [6, 6.07) is 6.53. The van der Waals surface area contributed by atoms with Crippen molar-refractivity contribution in [3.8, 4) is 11.5 Å². The van der Waals surface area contributed by atoms with Gasteiger partial charge in [-0.15, -0.1) is 0 Å². The van der Waals surface area contributed by atoms with E-state index in [0.29, 0.717) is 11.9 Å². The molecule has 106 valence electrons. The molecule has 5 heteroatoms. The lowest BCUT2D eigenvalue weighted by atomic mass is 10.2. The van der Waals surface area contributed by atoms with Gasteiger partial charge in [-0.1, -0.05) is 0 Å². The van der Waals surface area contributed by atoms with Gasteiger partial charge >= 0.3 is 0 Å². The Morgan fingerprint density at radius 1 is 1.35 bits per heavy atom. The molecule has 4 nitrogen and oxygen atoms in total. The van der Waals surface area contributed by atoms with Gasteiger partial charge in [-0.05, 0) is 31.2 Å². The lowest BCUT2D eigenvalue weighted by molar-refractivity contribution is -0.00491.